The quantitative estimate of drug-likeness (QED) is 0.806. The number of rotatable bonds is 3. The Morgan fingerprint density at radius 2 is 1.71 bits per heavy atom. The van der Waals surface area contributed by atoms with Crippen molar-refractivity contribution in [2.75, 3.05) is 11.4 Å². The van der Waals surface area contributed by atoms with Crippen LogP contribution in [0.2, 0.25) is 0 Å². The van der Waals surface area contributed by atoms with Crippen LogP contribution >= 0.6 is 0 Å². The van der Waals surface area contributed by atoms with Crippen molar-refractivity contribution >= 4 is 11.5 Å². The lowest BCUT2D eigenvalue weighted by atomic mass is 9.85. The van der Waals surface area contributed by atoms with Gasteiger partial charge >= 0.3 is 0 Å². The summed E-state index contributed by atoms with van der Waals surface area (Å²) >= 11 is 0. The molecule has 4 rings (SSSR count). The van der Waals surface area contributed by atoms with E-state index in [2.05, 4.69) is 59.5 Å². The van der Waals surface area contributed by atoms with Gasteiger partial charge in [-0.15, -0.1) is 0 Å². The first-order valence-corrected chi connectivity index (χ1v) is 8.93. The minimum atomic E-state index is 0.298. The molecule has 0 saturated carbocycles. The molecule has 1 atom stereocenters. The van der Waals surface area contributed by atoms with E-state index in [0.717, 1.165) is 32.2 Å². The van der Waals surface area contributed by atoms with Crippen LogP contribution in [0, 0.1) is 0 Å². The first-order valence-electron chi connectivity index (χ1n) is 8.93. The first kappa shape index (κ1) is 15.2. The topological polar surface area (TPSA) is 20.3 Å². The van der Waals surface area contributed by atoms with E-state index >= 15 is 0 Å². The van der Waals surface area contributed by atoms with Crippen LogP contribution in [0.3, 0.4) is 0 Å². The third-order valence-electron chi connectivity index (χ3n) is 5.24. The molecule has 0 N–H and O–H groups in total. The molecular weight excluding hydrogens is 294 g/mol. The van der Waals surface area contributed by atoms with Crippen LogP contribution in [-0.2, 0) is 11.2 Å². The van der Waals surface area contributed by atoms with E-state index in [4.69, 9.17) is 0 Å². The van der Waals surface area contributed by atoms with E-state index < -0.39 is 0 Å². The molecule has 0 radical (unpaired) electrons. The van der Waals surface area contributed by atoms with Gasteiger partial charge in [0.05, 0.1) is 6.04 Å². The van der Waals surface area contributed by atoms with Crippen LogP contribution in [0.5, 0.6) is 0 Å². The Bertz CT molecular complexity index is 763. The zero-order valence-electron chi connectivity index (χ0n) is 13.9. The van der Waals surface area contributed by atoms with Crippen LogP contribution in [-0.4, -0.2) is 12.3 Å². The molecule has 1 aliphatic carbocycles. The lowest BCUT2D eigenvalue weighted by Gasteiger charge is -2.40. The molecule has 2 aromatic carbocycles. The molecule has 2 aromatic rings. The Kier molecular flexibility index (Phi) is 4.20. The highest BCUT2D eigenvalue weighted by Crippen LogP contribution is 2.38. The average Bonchev–Trinajstić information content (AvgIpc) is 2.63. The number of ketones is 1. The zero-order valence-corrected chi connectivity index (χ0v) is 13.9. The van der Waals surface area contributed by atoms with Gasteiger partial charge in [0, 0.05) is 18.7 Å². The smallest absolute Gasteiger partial charge is 0.155 e. The van der Waals surface area contributed by atoms with Gasteiger partial charge in [0.15, 0.2) is 5.78 Å². The van der Waals surface area contributed by atoms with Gasteiger partial charge in [-0.2, -0.15) is 0 Å². The standard InChI is InChI=1S/C22H23NO/c24-20-11-6-7-17(15-20)16-22-21-12-5-4-8-18(21)13-14-23(22)19-9-2-1-3-10-19/h1-5,8-10,12,15,22H,6-7,11,13-14,16H2/t22-/m0/s1. The van der Waals surface area contributed by atoms with Crippen molar-refractivity contribution in [1.82, 2.24) is 0 Å². The van der Waals surface area contributed by atoms with Gasteiger partial charge < -0.3 is 4.90 Å². The molecular formula is C22H23NO. The number of anilines is 1. The van der Waals surface area contributed by atoms with Crippen molar-refractivity contribution in [2.24, 2.45) is 0 Å². The van der Waals surface area contributed by atoms with Crippen LogP contribution in [0.4, 0.5) is 5.69 Å². The summed E-state index contributed by atoms with van der Waals surface area (Å²) in [4.78, 5) is 14.3. The molecule has 0 amide bonds. The van der Waals surface area contributed by atoms with E-state index in [-0.39, 0.29) is 0 Å². The number of hydrogen-bond acceptors (Lipinski definition) is 2. The van der Waals surface area contributed by atoms with E-state index in [0.29, 0.717) is 18.2 Å². The largest absolute Gasteiger partial charge is 0.364 e. The summed E-state index contributed by atoms with van der Waals surface area (Å²) in [5.74, 6) is 0.298. The number of hydrogen-bond donors (Lipinski definition) is 0. The van der Waals surface area contributed by atoms with Crippen molar-refractivity contribution in [3.63, 3.8) is 0 Å². The van der Waals surface area contributed by atoms with Crippen molar-refractivity contribution in [3.8, 4) is 0 Å². The minimum Gasteiger partial charge on any atom is -0.364 e. The average molecular weight is 317 g/mol. The number of carbonyl (C=O) groups is 1. The number of allylic oxidation sites excluding steroid dienone is 1. The molecule has 122 valence electrons. The molecule has 0 bridgehead atoms. The van der Waals surface area contributed by atoms with Crippen LogP contribution in [0.25, 0.3) is 0 Å². The summed E-state index contributed by atoms with van der Waals surface area (Å²) in [6.45, 7) is 1.03. The van der Waals surface area contributed by atoms with Crippen molar-refractivity contribution in [3.05, 3.63) is 77.4 Å². The summed E-state index contributed by atoms with van der Waals surface area (Å²) in [5.41, 5.74) is 5.47. The molecule has 0 unspecified atom stereocenters. The van der Waals surface area contributed by atoms with Crippen LogP contribution < -0.4 is 4.90 Å². The molecule has 1 heterocycles. The van der Waals surface area contributed by atoms with Crippen molar-refractivity contribution < 1.29 is 4.79 Å². The van der Waals surface area contributed by atoms with Gasteiger partial charge in [0.1, 0.15) is 0 Å². The predicted octanol–water partition coefficient (Wildman–Crippen LogP) is 4.86. The summed E-state index contributed by atoms with van der Waals surface area (Å²) < 4.78 is 0. The van der Waals surface area contributed by atoms with Gasteiger partial charge in [-0.3, -0.25) is 4.79 Å². The maximum atomic E-state index is 11.8. The van der Waals surface area contributed by atoms with Crippen LogP contribution in [0.1, 0.15) is 42.9 Å². The summed E-state index contributed by atoms with van der Waals surface area (Å²) in [5, 5.41) is 0. The molecule has 0 aromatic heterocycles. The van der Waals surface area contributed by atoms with Crippen LogP contribution in [0.15, 0.2) is 66.2 Å². The molecule has 0 spiro atoms. The molecule has 2 aliphatic rings. The highest BCUT2D eigenvalue weighted by molar-refractivity contribution is 5.91. The Morgan fingerprint density at radius 1 is 0.917 bits per heavy atom. The number of carbonyl (C=O) groups excluding carboxylic acids is 1. The molecule has 0 fully saturated rings. The van der Waals surface area contributed by atoms with Gasteiger partial charge in [-0.05, 0) is 55.0 Å². The number of para-hydroxylation sites is 1. The first-order chi connectivity index (χ1) is 11.8. The third-order valence-corrected chi connectivity index (χ3v) is 5.24. The minimum absolute atomic E-state index is 0.298. The molecule has 24 heavy (non-hydrogen) atoms. The fourth-order valence-corrected chi connectivity index (χ4v) is 4.07. The van der Waals surface area contributed by atoms with Gasteiger partial charge in [0.25, 0.3) is 0 Å². The van der Waals surface area contributed by atoms with Gasteiger partial charge in [-0.25, -0.2) is 0 Å². The Hall–Kier alpha value is -2.35. The fraction of sp³-hybridized carbons (Fsp3) is 0.318. The number of nitrogens with zero attached hydrogens (tertiary/aromatic N) is 1. The maximum absolute atomic E-state index is 11.8. The molecule has 2 nitrogen and oxygen atoms in total. The zero-order chi connectivity index (χ0) is 16.4. The molecule has 1 aliphatic heterocycles. The SMILES string of the molecule is O=C1C=C(C[C@H]2c3ccccc3CCN2c2ccccc2)CCC1. The Morgan fingerprint density at radius 3 is 2.54 bits per heavy atom. The number of benzene rings is 2. The normalized spacial score (nSPS) is 20.5. The summed E-state index contributed by atoms with van der Waals surface area (Å²) in [7, 11) is 0. The highest BCUT2D eigenvalue weighted by Gasteiger charge is 2.28. The Balaban J connectivity index is 1.71. The second kappa shape index (κ2) is 6.64. The molecule has 0 saturated heterocycles. The van der Waals surface area contributed by atoms with Gasteiger partial charge in [-0.1, -0.05) is 48.0 Å². The second-order valence-electron chi connectivity index (χ2n) is 6.82. The third kappa shape index (κ3) is 3.01. The monoisotopic (exact) mass is 317 g/mol. The van der Waals surface area contributed by atoms with E-state index in [1.807, 2.05) is 6.08 Å². The van der Waals surface area contributed by atoms with Crippen molar-refractivity contribution in [1.29, 1.82) is 0 Å². The highest BCUT2D eigenvalue weighted by atomic mass is 16.1. The van der Waals surface area contributed by atoms with E-state index in [1.54, 1.807) is 0 Å². The maximum Gasteiger partial charge on any atom is 0.155 e. The molecule has 2 heteroatoms. The second-order valence-corrected chi connectivity index (χ2v) is 6.82. The number of fused-ring (bicyclic) bond motifs is 1. The summed E-state index contributed by atoms with van der Waals surface area (Å²) in [6.07, 6.45) is 6.73. The predicted molar refractivity (Wildman–Crippen MR) is 98.2 cm³/mol. The van der Waals surface area contributed by atoms with Crippen molar-refractivity contribution in [2.45, 2.75) is 38.1 Å². The Labute approximate surface area is 143 Å². The fourth-order valence-electron chi connectivity index (χ4n) is 4.07. The van der Waals surface area contributed by atoms with E-state index in [9.17, 15) is 4.79 Å². The van der Waals surface area contributed by atoms with Gasteiger partial charge in [0.2, 0.25) is 0 Å². The van der Waals surface area contributed by atoms with E-state index in [1.165, 1.54) is 22.4 Å². The lowest BCUT2D eigenvalue weighted by molar-refractivity contribution is -0.115. The summed E-state index contributed by atoms with van der Waals surface area (Å²) in [6, 6.07) is 19.8. The lowest BCUT2D eigenvalue weighted by Crippen LogP contribution is -2.36.